The van der Waals surface area contributed by atoms with Gasteiger partial charge in [-0.1, -0.05) is 25.1 Å². The third kappa shape index (κ3) is 5.56. The molecule has 0 aromatic heterocycles. The zero-order chi connectivity index (χ0) is 19.1. The van der Waals surface area contributed by atoms with E-state index in [9.17, 15) is 19.5 Å². The standard InChI is InChI=1S/C19H27N3O4/c1-13(18(20)25)9-10-17(24)21-15-8-5-11-22(12-16(15)23)19(26)14-6-3-2-4-7-14/h2-4,6-7,13,15-16,23H,5,8-12H2,1H3,(H2,20,25)(H,21,24)/t13?,15?,16-/m0/s1. The summed E-state index contributed by atoms with van der Waals surface area (Å²) in [6, 6.07) is 8.55. The van der Waals surface area contributed by atoms with Crippen molar-refractivity contribution in [3.8, 4) is 0 Å². The van der Waals surface area contributed by atoms with Gasteiger partial charge in [-0.2, -0.15) is 0 Å². The monoisotopic (exact) mass is 361 g/mol. The number of amides is 3. The third-order valence-corrected chi connectivity index (χ3v) is 4.76. The highest BCUT2D eigenvalue weighted by molar-refractivity contribution is 5.94. The first-order valence-corrected chi connectivity index (χ1v) is 8.99. The van der Waals surface area contributed by atoms with Crippen LogP contribution in [0.5, 0.6) is 0 Å². The van der Waals surface area contributed by atoms with Crippen molar-refractivity contribution in [2.75, 3.05) is 13.1 Å². The van der Waals surface area contributed by atoms with Gasteiger partial charge in [0, 0.05) is 31.0 Å². The van der Waals surface area contributed by atoms with Gasteiger partial charge < -0.3 is 21.1 Å². The van der Waals surface area contributed by atoms with Crippen molar-refractivity contribution in [3.05, 3.63) is 35.9 Å². The number of β-amino-alcohol motifs (C(OH)–C–C–N with tert-alkyl or cyclic N) is 1. The summed E-state index contributed by atoms with van der Waals surface area (Å²) in [7, 11) is 0. The molecule has 4 N–H and O–H groups in total. The Morgan fingerprint density at radius 3 is 2.65 bits per heavy atom. The Labute approximate surface area is 153 Å². The van der Waals surface area contributed by atoms with Gasteiger partial charge in [-0.25, -0.2) is 0 Å². The highest BCUT2D eigenvalue weighted by Gasteiger charge is 2.29. The van der Waals surface area contributed by atoms with E-state index in [-0.39, 0.29) is 30.7 Å². The van der Waals surface area contributed by atoms with Crippen molar-refractivity contribution < 1.29 is 19.5 Å². The van der Waals surface area contributed by atoms with Crippen LogP contribution in [0.2, 0.25) is 0 Å². The Balaban J connectivity index is 1.88. The normalized spacial score (nSPS) is 21.5. The molecule has 2 rings (SSSR count). The third-order valence-electron chi connectivity index (χ3n) is 4.76. The molecule has 0 aliphatic carbocycles. The molecular weight excluding hydrogens is 334 g/mol. The molecule has 0 bridgehead atoms. The van der Waals surface area contributed by atoms with Crippen molar-refractivity contribution in [1.29, 1.82) is 0 Å². The number of nitrogens with two attached hydrogens (primary N) is 1. The number of carbonyl (C=O) groups excluding carboxylic acids is 3. The lowest BCUT2D eigenvalue weighted by Crippen LogP contribution is -2.47. The van der Waals surface area contributed by atoms with Crippen molar-refractivity contribution in [2.45, 2.75) is 44.8 Å². The summed E-state index contributed by atoms with van der Waals surface area (Å²) >= 11 is 0. The fraction of sp³-hybridized carbons (Fsp3) is 0.526. The molecule has 1 aromatic rings. The average Bonchev–Trinajstić information content (AvgIpc) is 2.81. The number of carbonyl (C=O) groups is 3. The van der Waals surface area contributed by atoms with Gasteiger partial charge in [0.25, 0.3) is 5.91 Å². The minimum atomic E-state index is -0.831. The topological polar surface area (TPSA) is 113 Å². The first-order chi connectivity index (χ1) is 12.4. The van der Waals surface area contributed by atoms with E-state index in [1.165, 1.54) is 0 Å². The summed E-state index contributed by atoms with van der Waals surface area (Å²) in [5.41, 5.74) is 5.78. The molecule has 1 aliphatic rings. The predicted octanol–water partition coefficient (Wildman–Crippen LogP) is 0.670. The van der Waals surface area contributed by atoms with E-state index in [1.807, 2.05) is 6.07 Å². The van der Waals surface area contributed by atoms with Gasteiger partial charge in [0.2, 0.25) is 11.8 Å². The van der Waals surface area contributed by atoms with Gasteiger partial charge in [-0.3, -0.25) is 14.4 Å². The molecule has 0 spiro atoms. The second-order valence-electron chi connectivity index (χ2n) is 6.84. The first-order valence-electron chi connectivity index (χ1n) is 8.99. The number of benzene rings is 1. The van der Waals surface area contributed by atoms with Crippen LogP contribution in [-0.4, -0.2) is 53.0 Å². The molecular formula is C19H27N3O4. The lowest BCUT2D eigenvalue weighted by Gasteiger charge is -2.25. The number of primary amides is 1. The van der Waals surface area contributed by atoms with Crippen LogP contribution in [0.15, 0.2) is 30.3 Å². The maximum atomic E-state index is 12.6. The first kappa shape index (κ1) is 19.9. The second kappa shape index (κ2) is 9.33. The van der Waals surface area contributed by atoms with Crippen molar-refractivity contribution in [3.63, 3.8) is 0 Å². The Hall–Kier alpha value is -2.41. The minimum absolute atomic E-state index is 0.119. The van der Waals surface area contributed by atoms with Crippen molar-refractivity contribution >= 4 is 17.7 Å². The lowest BCUT2D eigenvalue weighted by molar-refractivity contribution is -0.124. The van der Waals surface area contributed by atoms with Gasteiger partial charge in [-0.05, 0) is 31.4 Å². The molecule has 2 unspecified atom stereocenters. The van der Waals surface area contributed by atoms with E-state index in [1.54, 1.807) is 36.1 Å². The second-order valence-corrected chi connectivity index (χ2v) is 6.84. The molecule has 142 valence electrons. The number of aliphatic hydroxyl groups is 1. The number of hydrogen-bond acceptors (Lipinski definition) is 4. The Morgan fingerprint density at radius 1 is 1.31 bits per heavy atom. The number of likely N-dealkylation sites (tertiary alicyclic amines) is 1. The molecule has 0 radical (unpaired) electrons. The number of aliphatic hydroxyl groups excluding tert-OH is 1. The van der Waals surface area contributed by atoms with Crippen LogP contribution in [-0.2, 0) is 9.59 Å². The fourth-order valence-corrected chi connectivity index (χ4v) is 3.02. The minimum Gasteiger partial charge on any atom is -0.389 e. The van der Waals surface area contributed by atoms with Gasteiger partial charge in [0.15, 0.2) is 0 Å². The summed E-state index contributed by atoms with van der Waals surface area (Å²) in [5, 5.41) is 13.3. The van der Waals surface area contributed by atoms with Gasteiger partial charge in [-0.15, -0.1) is 0 Å². The number of nitrogens with one attached hydrogen (secondary N) is 1. The summed E-state index contributed by atoms with van der Waals surface area (Å²) < 4.78 is 0. The van der Waals surface area contributed by atoms with E-state index in [2.05, 4.69) is 5.32 Å². The molecule has 1 aromatic carbocycles. The summed E-state index contributed by atoms with van der Waals surface area (Å²) in [4.78, 5) is 37.3. The van der Waals surface area contributed by atoms with Crippen LogP contribution in [0.1, 0.15) is 43.0 Å². The molecule has 1 fully saturated rings. The molecule has 3 amide bonds. The molecule has 0 saturated carbocycles. The van der Waals surface area contributed by atoms with E-state index in [0.717, 1.165) is 0 Å². The van der Waals surface area contributed by atoms with E-state index < -0.39 is 18.1 Å². The number of hydrogen-bond donors (Lipinski definition) is 3. The number of nitrogens with zero attached hydrogens (tertiary/aromatic N) is 1. The molecule has 26 heavy (non-hydrogen) atoms. The zero-order valence-corrected chi connectivity index (χ0v) is 15.1. The Bertz CT molecular complexity index is 635. The summed E-state index contributed by atoms with van der Waals surface area (Å²) in [5.74, 6) is -1.13. The van der Waals surface area contributed by atoms with Gasteiger partial charge >= 0.3 is 0 Å². The Morgan fingerprint density at radius 2 is 2.00 bits per heavy atom. The maximum Gasteiger partial charge on any atom is 0.253 e. The van der Waals surface area contributed by atoms with Crippen LogP contribution >= 0.6 is 0 Å². The summed E-state index contributed by atoms with van der Waals surface area (Å²) in [6.07, 6.45) is 1.01. The molecule has 1 heterocycles. The highest BCUT2D eigenvalue weighted by atomic mass is 16.3. The average molecular weight is 361 g/mol. The quantitative estimate of drug-likeness (QED) is 0.691. The largest absolute Gasteiger partial charge is 0.389 e. The molecule has 7 heteroatoms. The van der Waals surface area contributed by atoms with Crippen LogP contribution in [0, 0.1) is 5.92 Å². The van der Waals surface area contributed by atoms with E-state index >= 15 is 0 Å². The summed E-state index contributed by atoms with van der Waals surface area (Å²) in [6.45, 7) is 2.40. The Kier molecular flexibility index (Phi) is 7.15. The van der Waals surface area contributed by atoms with Crippen molar-refractivity contribution in [2.24, 2.45) is 11.7 Å². The predicted molar refractivity (Wildman–Crippen MR) is 97.1 cm³/mol. The van der Waals surface area contributed by atoms with Crippen LogP contribution in [0.25, 0.3) is 0 Å². The van der Waals surface area contributed by atoms with Crippen molar-refractivity contribution in [1.82, 2.24) is 10.2 Å². The smallest absolute Gasteiger partial charge is 0.253 e. The lowest BCUT2D eigenvalue weighted by atomic mass is 10.0. The fourth-order valence-electron chi connectivity index (χ4n) is 3.02. The highest BCUT2D eigenvalue weighted by Crippen LogP contribution is 2.15. The number of rotatable bonds is 6. The van der Waals surface area contributed by atoms with Crippen LogP contribution in [0.4, 0.5) is 0 Å². The maximum absolute atomic E-state index is 12.6. The van der Waals surface area contributed by atoms with Crippen LogP contribution in [0.3, 0.4) is 0 Å². The zero-order valence-electron chi connectivity index (χ0n) is 15.1. The molecule has 1 saturated heterocycles. The molecule has 7 nitrogen and oxygen atoms in total. The molecule has 1 aliphatic heterocycles. The SMILES string of the molecule is CC(CCC(=O)NC1CCCN(C(=O)c2ccccc2)C[C@@H]1O)C(N)=O. The van der Waals surface area contributed by atoms with E-state index in [0.29, 0.717) is 31.4 Å². The molecule has 3 atom stereocenters. The van der Waals surface area contributed by atoms with Crippen LogP contribution < -0.4 is 11.1 Å². The van der Waals surface area contributed by atoms with Gasteiger partial charge in [0.1, 0.15) is 0 Å². The van der Waals surface area contributed by atoms with Gasteiger partial charge in [0.05, 0.1) is 12.1 Å². The van der Waals surface area contributed by atoms with E-state index in [4.69, 9.17) is 5.73 Å².